The molecular weight excluding hydrogens is 502 g/mol. The van der Waals surface area contributed by atoms with Crippen molar-refractivity contribution in [3.63, 3.8) is 0 Å². The first-order valence-corrected chi connectivity index (χ1v) is 13.7. The Balaban J connectivity index is 1.44. The number of benzene rings is 3. The van der Waals surface area contributed by atoms with Crippen LogP contribution in [0.5, 0.6) is 0 Å². The summed E-state index contributed by atoms with van der Waals surface area (Å²) in [5.74, 6) is -1.28. The summed E-state index contributed by atoms with van der Waals surface area (Å²) in [5.41, 5.74) is 3.86. The van der Waals surface area contributed by atoms with Crippen LogP contribution in [-0.2, 0) is 26.8 Å². The molecule has 38 heavy (non-hydrogen) atoms. The molecule has 0 aliphatic heterocycles. The predicted octanol–water partition coefficient (Wildman–Crippen LogP) is 4.99. The van der Waals surface area contributed by atoms with E-state index in [0.29, 0.717) is 17.8 Å². The van der Waals surface area contributed by atoms with E-state index >= 15 is 0 Å². The number of carbonyl (C=O) groups is 2. The van der Waals surface area contributed by atoms with Crippen LogP contribution in [0.4, 0.5) is 5.69 Å². The molecular formula is C29H31N3O5S. The van der Waals surface area contributed by atoms with Crippen LogP contribution in [0.15, 0.2) is 83.9 Å². The van der Waals surface area contributed by atoms with Crippen molar-refractivity contribution < 1.29 is 23.1 Å². The zero-order valence-corrected chi connectivity index (χ0v) is 22.4. The molecule has 0 atom stereocenters. The number of hydrogen-bond acceptors (Lipinski definition) is 4. The van der Waals surface area contributed by atoms with Gasteiger partial charge in [-0.2, -0.15) is 0 Å². The molecule has 0 aliphatic carbocycles. The second-order valence-corrected chi connectivity index (χ2v) is 11.9. The molecule has 0 spiro atoms. The van der Waals surface area contributed by atoms with E-state index in [0.717, 1.165) is 22.0 Å². The van der Waals surface area contributed by atoms with Crippen molar-refractivity contribution in [1.29, 1.82) is 0 Å². The summed E-state index contributed by atoms with van der Waals surface area (Å²) in [4.78, 5) is 23.0. The van der Waals surface area contributed by atoms with E-state index in [1.54, 1.807) is 36.4 Å². The van der Waals surface area contributed by atoms with Gasteiger partial charge in [-0.05, 0) is 65.1 Å². The molecule has 3 N–H and O–H groups in total. The SMILES string of the molecule is CC(C)(C)c1ccc(S(=O)(=O)Nc2ccc3c(ccn3Cc3ccc(C(=O)NCCC(=O)O)cc3)c2)cc1. The number of fused-ring (bicyclic) bond motifs is 1. The lowest BCUT2D eigenvalue weighted by Gasteiger charge is -2.19. The van der Waals surface area contributed by atoms with Crippen molar-refractivity contribution >= 4 is 38.5 Å². The number of carbonyl (C=O) groups excluding carboxylic acids is 1. The fourth-order valence-electron chi connectivity index (χ4n) is 4.09. The molecule has 0 radical (unpaired) electrons. The highest BCUT2D eigenvalue weighted by Gasteiger charge is 2.18. The number of sulfonamides is 1. The summed E-state index contributed by atoms with van der Waals surface area (Å²) in [6.45, 7) is 6.88. The Labute approximate surface area is 222 Å². The highest BCUT2D eigenvalue weighted by atomic mass is 32.2. The number of carboxylic acids is 1. The minimum atomic E-state index is -3.73. The Morgan fingerprint density at radius 2 is 1.61 bits per heavy atom. The first-order chi connectivity index (χ1) is 17.9. The van der Waals surface area contributed by atoms with Crippen LogP contribution >= 0.6 is 0 Å². The summed E-state index contributed by atoms with van der Waals surface area (Å²) in [7, 11) is -3.73. The third kappa shape index (κ3) is 6.41. The van der Waals surface area contributed by atoms with Gasteiger partial charge in [-0.15, -0.1) is 0 Å². The third-order valence-electron chi connectivity index (χ3n) is 6.25. The van der Waals surface area contributed by atoms with Crippen LogP contribution in [0, 0.1) is 0 Å². The van der Waals surface area contributed by atoms with Crippen molar-refractivity contribution in [2.45, 2.75) is 44.0 Å². The van der Waals surface area contributed by atoms with Crippen molar-refractivity contribution in [3.05, 3.63) is 95.7 Å². The molecule has 4 rings (SSSR count). The topological polar surface area (TPSA) is 118 Å². The van der Waals surface area contributed by atoms with Crippen LogP contribution in [-0.4, -0.2) is 36.5 Å². The molecule has 1 aromatic heterocycles. The van der Waals surface area contributed by atoms with Gasteiger partial charge in [0.2, 0.25) is 0 Å². The summed E-state index contributed by atoms with van der Waals surface area (Å²) in [6.07, 6.45) is 1.80. The van der Waals surface area contributed by atoms with Crippen LogP contribution in [0.2, 0.25) is 0 Å². The van der Waals surface area contributed by atoms with E-state index in [4.69, 9.17) is 5.11 Å². The van der Waals surface area contributed by atoms with Gasteiger partial charge in [-0.3, -0.25) is 14.3 Å². The third-order valence-corrected chi connectivity index (χ3v) is 7.64. The van der Waals surface area contributed by atoms with Gasteiger partial charge < -0.3 is 15.0 Å². The molecule has 1 heterocycles. The monoisotopic (exact) mass is 533 g/mol. The number of aliphatic carboxylic acids is 1. The minimum Gasteiger partial charge on any atom is -0.481 e. The van der Waals surface area contributed by atoms with Gasteiger partial charge in [-0.1, -0.05) is 45.0 Å². The summed E-state index contributed by atoms with van der Waals surface area (Å²) in [5, 5.41) is 12.2. The molecule has 1 amide bonds. The maximum atomic E-state index is 12.9. The highest BCUT2D eigenvalue weighted by molar-refractivity contribution is 7.92. The van der Waals surface area contributed by atoms with Crippen LogP contribution < -0.4 is 10.0 Å². The number of anilines is 1. The predicted molar refractivity (Wildman–Crippen MR) is 148 cm³/mol. The summed E-state index contributed by atoms with van der Waals surface area (Å²) >= 11 is 0. The number of hydrogen-bond donors (Lipinski definition) is 3. The number of carboxylic acid groups (broad SMARTS) is 1. The van der Waals surface area contributed by atoms with Crippen molar-refractivity contribution in [1.82, 2.24) is 9.88 Å². The lowest BCUT2D eigenvalue weighted by molar-refractivity contribution is -0.136. The average molecular weight is 534 g/mol. The minimum absolute atomic E-state index is 0.0616. The number of aromatic nitrogens is 1. The molecule has 3 aromatic carbocycles. The van der Waals surface area contributed by atoms with Gasteiger partial charge >= 0.3 is 5.97 Å². The first-order valence-electron chi connectivity index (χ1n) is 12.2. The van der Waals surface area contributed by atoms with Gasteiger partial charge in [0, 0.05) is 41.4 Å². The Bertz CT molecular complexity index is 1570. The van der Waals surface area contributed by atoms with Crippen LogP contribution in [0.25, 0.3) is 10.9 Å². The van der Waals surface area contributed by atoms with Crippen LogP contribution in [0.1, 0.15) is 48.7 Å². The lowest BCUT2D eigenvalue weighted by Crippen LogP contribution is -2.25. The summed E-state index contributed by atoms with van der Waals surface area (Å²) < 4.78 is 30.6. The number of nitrogens with zero attached hydrogens (tertiary/aromatic N) is 1. The molecule has 0 unspecified atom stereocenters. The Kier molecular flexibility index (Phi) is 7.59. The average Bonchev–Trinajstić information content (AvgIpc) is 3.25. The smallest absolute Gasteiger partial charge is 0.305 e. The van der Waals surface area contributed by atoms with Gasteiger partial charge in [0.15, 0.2) is 0 Å². The largest absolute Gasteiger partial charge is 0.481 e. The van der Waals surface area contributed by atoms with E-state index in [9.17, 15) is 18.0 Å². The normalized spacial score (nSPS) is 11.9. The molecule has 0 fully saturated rings. The van der Waals surface area contributed by atoms with E-state index in [1.165, 1.54) is 0 Å². The zero-order chi connectivity index (χ0) is 27.5. The maximum Gasteiger partial charge on any atom is 0.305 e. The van der Waals surface area contributed by atoms with E-state index in [1.807, 2.05) is 47.2 Å². The molecule has 0 saturated carbocycles. The number of rotatable bonds is 9. The molecule has 9 heteroatoms. The molecule has 0 saturated heterocycles. The quantitative estimate of drug-likeness (QED) is 0.280. The van der Waals surface area contributed by atoms with Crippen molar-refractivity contribution in [2.24, 2.45) is 0 Å². The number of amides is 1. The first kappa shape index (κ1) is 26.9. The maximum absolute atomic E-state index is 12.9. The van der Waals surface area contributed by atoms with Crippen molar-refractivity contribution in [2.75, 3.05) is 11.3 Å². The van der Waals surface area contributed by atoms with Gasteiger partial charge in [0.1, 0.15) is 0 Å². The van der Waals surface area contributed by atoms with Gasteiger partial charge in [0.05, 0.1) is 11.3 Å². The van der Waals surface area contributed by atoms with Crippen molar-refractivity contribution in [3.8, 4) is 0 Å². The fourth-order valence-corrected chi connectivity index (χ4v) is 5.14. The van der Waals surface area contributed by atoms with Gasteiger partial charge in [0.25, 0.3) is 15.9 Å². The second kappa shape index (κ2) is 10.7. The molecule has 4 aromatic rings. The fraction of sp³-hybridized carbons (Fsp3) is 0.241. The van der Waals surface area contributed by atoms with Gasteiger partial charge in [-0.25, -0.2) is 8.42 Å². The van der Waals surface area contributed by atoms with Crippen LogP contribution in [0.3, 0.4) is 0 Å². The van der Waals surface area contributed by atoms with E-state index < -0.39 is 16.0 Å². The second-order valence-electron chi connectivity index (χ2n) is 10.2. The zero-order valence-electron chi connectivity index (χ0n) is 21.6. The molecule has 198 valence electrons. The summed E-state index contributed by atoms with van der Waals surface area (Å²) in [6, 6.07) is 21.4. The highest BCUT2D eigenvalue weighted by Crippen LogP contribution is 2.26. The molecule has 8 nitrogen and oxygen atoms in total. The molecule has 0 bridgehead atoms. The Morgan fingerprint density at radius 1 is 0.921 bits per heavy atom. The van der Waals surface area contributed by atoms with E-state index in [-0.39, 0.29) is 29.2 Å². The Hall–Kier alpha value is -4.11. The standard InChI is InChI=1S/C29H31N3O5S/c1-29(2,3)23-8-11-25(12-9-23)38(36,37)31-24-10-13-26-22(18-24)15-17-32(26)19-20-4-6-21(7-5-20)28(35)30-16-14-27(33)34/h4-13,15,17-18,31H,14,16,19H2,1-3H3,(H,30,35)(H,33,34). The van der Waals surface area contributed by atoms with E-state index in [2.05, 4.69) is 30.8 Å². The Morgan fingerprint density at radius 3 is 2.24 bits per heavy atom. The lowest BCUT2D eigenvalue weighted by atomic mass is 9.87. The molecule has 0 aliphatic rings. The number of nitrogens with one attached hydrogen (secondary N) is 2.